The van der Waals surface area contributed by atoms with Crippen LogP contribution in [0.4, 0.5) is 5.69 Å². The van der Waals surface area contributed by atoms with Crippen molar-refractivity contribution in [3.8, 4) is 17.2 Å². The van der Waals surface area contributed by atoms with Gasteiger partial charge in [-0.3, -0.25) is 14.9 Å². The number of nitrogens with zero attached hydrogens (tertiary/aromatic N) is 3. The minimum Gasteiger partial charge on any atom is -0.454 e. The Morgan fingerprint density at radius 2 is 2.07 bits per heavy atom. The zero-order valence-corrected chi connectivity index (χ0v) is 14.0. The molecule has 3 aromatic rings. The number of fused-ring (bicyclic) bond motifs is 1. The van der Waals surface area contributed by atoms with E-state index < -0.39 is 10.8 Å². The van der Waals surface area contributed by atoms with Crippen LogP contribution < -0.4 is 14.8 Å². The Bertz CT molecular complexity index is 1020. The summed E-state index contributed by atoms with van der Waals surface area (Å²) in [4.78, 5) is 27.2. The van der Waals surface area contributed by atoms with E-state index in [0.717, 1.165) is 5.56 Å². The van der Waals surface area contributed by atoms with Crippen molar-refractivity contribution >= 4 is 11.6 Å². The Hall–Kier alpha value is -3.88. The van der Waals surface area contributed by atoms with E-state index in [1.54, 1.807) is 18.3 Å². The van der Waals surface area contributed by atoms with Crippen LogP contribution in [0.2, 0.25) is 0 Å². The van der Waals surface area contributed by atoms with E-state index >= 15 is 0 Å². The van der Waals surface area contributed by atoms with Crippen molar-refractivity contribution < 1.29 is 19.2 Å². The highest BCUT2D eigenvalue weighted by atomic mass is 16.7. The van der Waals surface area contributed by atoms with Gasteiger partial charge in [0, 0.05) is 30.6 Å². The lowest BCUT2D eigenvalue weighted by Crippen LogP contribution is -2.23. The van der Waals surface area contributed by atoms with Gasteiger partial charge in [-0.1, -0.05) is 6.07 Å². The number of carbonyl (C=O) groups is 1. The monoisotopic (exact) mass is 366 g/mol. The number of carbonyl (C=O) groups excluding carboxylic acids is 1. The number of ether oxygens (including phenoxy) is 2. The molecule has 1 amide bonds. The summed E-state index contributed by atoms with van der Waals surface area (Å²) in [5, 5.41) is 14.1. The van der Waals surface area contributed by atoms with Gasteiger partial charge in [-0.25, -0.2) is 4.98 Å². The van der Waals surface area contributed by atoms with Gasteiger partial charge in [0.05, 0.1) is 11.3 Å². The molecule has 1 aromatic heterocycles. The van der Waals surface area contributed by atoms with Crippen LogP contribution in [0.15, 0.2) is 55.1 Å². The summed E-state index contributed by atoms with van der Waals surface area (Å²) in [7, 11) is 0. The largest absolute Gasteiger partial charge is 0.454 e. The summed E-state index contributed by atoms with van der Waals surface area (Å²) in [5.41, 5.74) is 1.19. The first-order valence-corrected chi connectivity index (χ1v) is 8.05. The van der Waals surface area contributed by atoms with Gasteiger partial charge in [0.2, 0.25) is 6.79 Å². The fourth-order valence-corrected chi connectivity index (χ4v) is 2.77. The van der Waals surface area contributed by atoms with Crippen LogP contribution >= 0.6 is 0 Å². The second-order valence-electron chi connectivity index (χ2n) is 5.80. The quantitative estimate of drug-likeness (QED) is 0.549. The Balaban J connectivity index is 1.52. The fraction of sp³-hybridized carbons (Fsp3) is 0.111. The zero-order chi connectivity index (χ0) is 18.8. The molecule has 2 aromatic carbocycles. The highest BCUT2D eigenvalue weighted by Gasteiger charge is 2.19. The number of nitrogens with one attached hydrogen (secondary N) is 1. The first kappa shape index (κ1) is 16.6. The normalized spacial score (nSPS) is 12.0. The minimum absolute atomic E-state index is 0.177. The van der Waals surface area contributed by atoms with Crippen LogP contribution in [0, 0.1) is 10.1 Å². The summed E-state index contributed by atoms with van der Waals surface area (Å²) in [6.07, 6.45) is 4.58. The molecule has 136 valence electrons. The third-order valence-corrected chi connectivity index (χ3v) is 4.11. The van der Waals surface area contributed by atoms with E-state index in [-0.39, 0.29) is 24.6 Å². The Labute approximate surface area is 153 Å². The molecule has 1 N–H and O–H groups in total. The number of nitro benzene ring substituents is 1. The average Bonchev–Trinajstić information content (AvgIpc) is 3.36. The maximum Gasteiger partial charge on any atom is 0.294 e. The molecule has 2 heterocycles. The molecule has 0 bridgehead atoms. The van der Waals surface area contributed by atoms with Crippen molar-refractivity contribution in [2.45, 2.75) is 6.54 Å². The van der Waals surface area contributed by atoms with Gasteiger partial charge in [0.15, 0.2) is 11.5 Å². The molecular formula is C18H14N4O5. The number of nitro groups is 1. The number of aromatic nitrogens is 2. The maximum absolute atomic E-state index is 12.4. The Kier molecular flexibility index (Phi) is 4.17. The van der Waals surface area contributed by atoms with Crippen molar-refractivity contribution in [1.82, 2.24) is 14.9 Å². The first-order chi connectivity index (χ1) is 13.1. The van der Waals surface area contributed by atoms with E-state index in [0.29, 0.717) is 17.2 Å². The summed E-state index contributed by atoms with van der Waals surface area (Å²) >= 11 is 0. The Morgan fingerprint density at radius 3 is 2.85 bits per heavy atom. The molecule has 1 aliphatic heterocycles. The summed E-state index contributed by atoms with van der Waals surface area (Å²) in [6.45, 7) is 0.435. The van der Waals surface area contributed by atoms with Crippen LogP contribution in [0.5, 0.6) is 11.5 Å². The van der Waals surface area contributed by atoms with Crippen LogP contribution in [0.1, 0.15) is 15.9 Å². The highest BCUT2D eigenvalue weighted by Crippen LogP contribution is 2.32. The van der Waals surface area contributed by atoms with Crippen molar-refractivity contribution in [3.63, 3.8) is 0 Å². The molecule has 0 atom stereocenters. The van der Waals surface area contributed by atoms with Gasteiger partial charge < -0.3 is 19.4 Å². The van der Waals surface area contributed by atoms with Crippen molar-refractivity contribution in [2.75, 3.05) is 6.79 Å². The third-order valence-electron chi connectivity index (χ3n) is 4.11. The molecule has 0 fully saturated rings. The number of imidazole rings is 1. The SMILES string of the molecule is O=C(NCc1ccc2c(c1)OCO2)c1ccc(-n2ccnc2)c([N+](=O)[O-])c1. The molecule has 0 saturated heterocycles. The molecule has 0 radical (unpaired) electrons. The number of hydrogen-bond donors (Lipinski definition) is 1. The van der Waals surface area contributed by atoms with E-state index in [1.807, 2.05) is 6.07 Å². The van der Waals surface area contributed by atoms with Gasteiger partial charge in [0.1, 0.15) is 5.69 Å². The van der Waals surface area contributed by atoms with Crippen LogP contribution in [0.3, 0.4) is 0 Å². The lowest BCUT2D eigenvalue weighted by Gasteiger charge is -2.08. The second kappa shape index (κ2) is 6.79. The van der Waals surface area contributed by atoms with Crippen molar-refractivity contribution in [3.05, 3.63) is 76.4 Å². The smallest absolute Gasteiger partial charge is 0.294 e. The Morgan fingerprint density at radius 1 is 1.22 bits per heavy atom. The van der Waals surface area contributed by atoms with Gasteiger partial charge in [-0.15, -0.1) is 0 Å². The molecule has 27 heavy (non-hydrogen) atoms. The third kappa shape index (κ3) is 3.30. The zero-order valence-electron chi connectivity index (χ0n) is 14.0. The number of hydrogen-bond acceptors (Lipinski definition) is 6. The van der Waals surface area contributed by atoms with Crippen LogP contribution in [0.25, 0.3) is 5.69 Å². The van der Waals surface area contributed by atoms with Gasteiger partial charge in [-0.05, 0) is 29.8 Å². The molecule has 1 aliphatic rings. The summed E-state index contributed by atoms with van der Waals surface area (Å²) in [6, 6.07) is 9.69. The lowest BCUT2D eigenvalue weighted by atomic mass is 10.1. The summed E-state index contributed by atoms with van der Waals surface area (Å²) < 4.78 is 12.1. The second-order valence-corrected chi connectivity index (χ2v) is 5.80. The minimum atomic E-state index is -0.524. The summed E-state index contributed by atoms with van der Waals surface area (Å²) in [5.74, 6) is 0.880. The molecular weight excluding hydrogens is 352 g/mol. The highest BCUT2D eigenvalue weighted by molar-refractivity contribution is 5.95. The molecule has 0 unspecified atom stereocenters. The van der Waals surface area contributed by atoms with Gasteiger partial charge >= 0.3 is 0 Å². The molecule has 0 spiro atoms. The van der Waals surface area contributed by atoms with Gasteiger partial charge in [-0.2, -0.15) is 0 Å². The number of benzene rings is 2. The van der Waals surface area contributed by atoms with E-state index in [9.17, 15) is 14.9 Å². The van der Waals surface area contributed by atoms with E-state index in [2.05, 4.69) is 10.3 Å². The molecule has 4 rings (SSSR count). The van der Waals surface area contributed by atoms with E-state index in [1.165, 1.54) is 35.3 Å². The first-order valence-electron chi connectivity index (χ1n) is 8.05. The molecule has 9 heteroatoms. The standard InChI is InChI=1S/C18H14N4O5/c23-18(20-9-12-1-4-16-17(7-12)27-11-26-16)13-2-3-14(15(8-13)22(24)25)21-6-5-19-10-21/h1-8,10H,9,11H2,(H,20,23). The lowest BCUT2D eigenvalue weighted by molar-refractivity contribution is -0.384. The topological polar surface area (TPSA) is 109 Å². The molecule has 0 saturated carbocycles. The van der Waals surface area contributed by atoms with E-state index in [4.69, 9.17) is 9.47 Å². The number of rotatable bonds is 5. The average molecular weight is 366 g/mol. The fourth-order valence-electron chi connectivity index (χ4n) is 2.77. The van der Waals surface area contributed by atoms with Crippen molar-refractivity contribution in [2.24, 2.45) is 0 Å². The van der Waals surface area contributed by atoms with Crippen molar-refractivity contribution in [1.29, 1.82) is 0 Å². The van der Waals surface area contributed by atoms with Crippen LogP contribution in [-0.2, 0) is 6.54 Å². The maximum atomic E-state index is 12.4. The predicted octanol–water partition coefficient (Wildman–Crippen LogP) is 2.44. The molecule has 9 nitrogen and oxygen atoms in total. The van der Waals surface area contributed by atoms with Crippen LogP contribution in [-0.4, -0.2) is 27.2 Å². The van der Waals surface area contributed by atoms with Gasteiger partial charge in [0.25, 0.3) is 11.6 Å². The number of amides is 1. The predicted molar refractivity (Wildman–Crippen MR) is 94.0 cm³/mol. The molecule has 0 aliphatic carbocycles.